The minimum atomic E-state index is -0.107. The van der Waals surface area contributed by atoms with E-state index in [1.165, 1.54) is 6.26 Å². The fraction of sp³-hybridized carbons (Fsp3) is 0.524. The number of hydrogen-bond acceptors (Lipinski definition) is 4. The van der Waals surface area contributed by atoms with Crippen LogP contribution in [0.25, 0.3) is 11.0 Å². The zero-order chi connectivity index (χ0) is 19.0. The number of rotatable bonds is 4. The van der Waals surface area contributed by atoms with Crippen LogP contribution in [0.2, 0.25) is 0 Å². The summed E-state index contributed by atoms with van der Waals surface area (Å²) in [5.41, 5.74) is 2.41. The molecular weight excluding hydrogens is 342 g/mol. The van der Waals surface area contributed by atoms with Gasteiger partial charge in [0.2, 0.25) is 5.91 Å². The number of benzene rings is 1. The third-order valence-electron chi connectivity index (χ3n) is 5.82. The highest BCUT2D eigenvalue weighted by atomic mass is 16.3. The molecule has 144 valence electrons. The molecule has 2 saturated heterocycles. The monoisotopic (exact) mass is 369 g/mol. The Balaban J connectivity index is 1.34. The van der Waals surface area contributed by atoms with Crippen LogP contribution in [0.1, 0.15) is 42.1 Å². The SMILES string of the molecule is Cc1ccc2c(C(=O)N[C@H]3CCN(CC(=O)N4CCC[C@H]4C)C3)coc2c1. The quantitative estimate of drug-likeness (QED) is 0.900. The van der Waals surface area contributed by atoms with E-state index in [0.717, 1.165) is 48.9 Å². The molecule has 1 N–H and O–H groups in total. The molecule has 0 aliphatic carbocycles. The number of nitrogens with one attached hydrogen (secondary N) is 1. The van der Waals surface area contributed by atoms with E-state index in [9.17, 15) is 9.59 Å². The lowest BCUT2D eigenvalue weighted by Gasteiger charge is -2.24. The van der Waals surface area contributed by atoms with Crippen LogP contribution >= 0.6 is 0 Å². The van der Waals surface area contributed by atoms with E-state index < -0.39 is 0 Å². The van der Waals surface area contributed by atoms with E-state index in [4.69, 9.17) is 4.42 Å². The number of nitrogens with zero attached hydrogens (tertiary/aromatic N) is 2. The van der Waals surface area contributed by atoms with E-state index in [0.29, 0.717) is 24.7 Å². The van der Waals surface area contributed by atoms with Crippen molar-refractivity contribution in [1.82, 2.24) is 15.1 Å². The molecule has 1 aromatic heterocycles. The second-order valence-electron chi connectivity index (χ2n) is 7.92. The van der Waals surface area contributed by atoms with Gasteiger partial charge >= 0.3 is 0 Å². The van der Waals surface area contributed by atoms with Gasteiger partial charge in [-0.05, 0) is 44.7 Å². The zero-order valence-corrected chi connectivity index (χ0v) is 16.0. The Labute approximate surface area is 159 Å². The molecule has 0 bridgehead atoms. The number of hydrogen-bond donors (Lipinski definition) is 1. The molecule has 2 atom stereocenters. The Morgan fingerprint density at radius 3 is 2.89 bits per heavy atom. The van der Waals surface area contributed by atoms with Crippen LogP contribution in [0.15, 0.2) is 28.9 Å². The van der Waals surface area contributed by atoms with Crippen molar-refractivity contribution in [2.45, 2.75) is 45.2 Å². The van der Waals surface area contributed by atoms with Gasteiger partial charge in [0.05, 0.1) is 12.1 Å². The van der Waals surface area contributed by atoms with Crippen molar-refractivity contribution in [3.05, 3.63) is 35.6 Å². The normalized spacial score (nSPS) is 23.3. The zero-order valence-electron chi connectivity index (χ0n) is 16.0. The van der Waals surface area contributed by atoms with Crippen molar-refractivity contribution in [2.75, 3.05) is 26.2 Å². The van der Waals surface area contributed by atoms with Crippen LogP contribution < -0.4 is 5.32 Å². The molecule has 4 rings (SSSR count). The lowest BCUT2D eigenvalue weighted by Crippen LogP contribution is -2.42. The van der Waals surface area contributed by atoms with Gasteiger partial charge in [0.1, 0.15) is 11.8 Å². The summed E-state index contributed by atoms with van der Waals surface area (Å²) in [6.45, 7) is 7.00. The largest absolute Gasteiger partial charge is 0.463 e. The Morgan fingerprint density at radius 1 is 1.26 bits per heavy atom. The summed E-state index contributed by atoms with van der Waals surface area (Å²) in [6.07, 6.45) is 4.60. The third kappa shape index (κ3) is 3.72. The Morgan fingerprint density at radius 2 is 2.11 bits per heavy atom. The van der Waals surface area contributed by atoms with Crippen molar-refractivity contribution < 1.29 is 14.0 Å². The van der Waals surface area contributed by atoms with Crippen molar-refractivity contribution in [3.8, 4) is 0 Å². The summed E-state index contributed by atoms with van der Waals surface area (Å²) in [5, 5.41) is 3.94. The van der Waals surface area contributed by atoms with Gasteiger partial charge < -0.3 is 14.6 Å². The molecule has 0 radical (unpaired) electrons. The predicted octanol–water partition coefficient (Wildman–Crippen LogP) is 2.56. The first-order chi connectivity index (χ1) is 13.0. The molecule has 6 heteroatoms. The Kier molecular flexibility index (Phi) is 4.91. The van der Waals surface area contributed by atoms with E-state index >= 15 is 0 Å². The summed E-state index contributed by atoms with van der Waals surface area (Å²) < 4.78 is 5.53. The number of fused-ring (bicyclic) bond motifs is 1. The van der Waals surface area contributed by atoms with Gasteiger partial charge in [-0.25, -0.2) is 0 Å². The average molecular weight is 369 g/mol. The van der Waals surface area contributed by atoms with Crippen molar-refractivity contribution >= 4 is 22.8 Å². The number of furan rings is 1. The molecule has 6 nitrogen and oxygen atoms in total. The van der Waals surface area contributed by atoms with Crippen LogP contribution in [0.3, 0.4) is 0 Å². The average Bonchev–Trinajstić information content (AvgIpc) is 3.34. The highest BCUT2D eigenvalue weighted by molar-refractivity contribution is 6.06. The standard InChI is InChI=1S/C21H27N3O3/c1-14-5-6-17-18(13-27-19(17)10-14)21(26)22-16-7-9-23(11-16)12-20(25)24-8-3-4-15(24)2/h5-6,10,13,15-16H,3-4,7-9,11-12H2,1-2H3,(H,22,26)/t15-,16+/m1/s1. The first kappa shape index (κ1) is 18.0. The molecule has 0 spiro atoms. The Bertz CT molecular complexity index is 859. The summed E-state index contributed by atoms with van der Waals surface area (Å²) in [7, 11) is 0. The van der Waals surface area contributed by atoms with E-state index in [2.05, 4.69) is 17.1 Å². The van der Waals surface area contributed by atoms with Crippen LogP contribution in [0.4, 0.5) is 0 Å². The minimum absolute atomic E-state index is 0.0664. The van der Waals surface area contributed by atoms with E-state index in [1.54, 1.807) is 0 Å². The topological polar surface area (TPSA) is 65.8 Å². The molecule has 1 aromatic carbocycles. The molecule has 2 amide bonds. The number of carbonyl (C=O) groups excluding carboxylic acids is 2. The smallest absolute Gasteiger partial charge is 0.255 e. The van der Waals surface area contributed by atoms with Crippen LogP contribution in [0.5, 0.6) is 0 Å². The summed E-state index contributed by atoms with van der Waals surface area (Å²) in [5.74, 6) is 0.104. The summed E-state index contributed by atoms with van der Waals surface area (Å²) in [6, 6.07) is 6.27. The maximum Gasteiger partial charge on any atom is 0.255 e. The Hall–Kier alpha value is -2.34. The summed E-state index contributed by atoms with van der Waals surface area (Å²) >= 11 is 0. The predicted molar refractivity (Wildman–Crippen MR) is 104 cm³/mol. The number of aryl methyl sites for hydroxylation is 1. The van der Waals surface area contributed by atoms with Gasteiger partial charge in [0.15, 0.2) is 0 Å². The first-order valence-corrected chi connectivity index (χ1v) is 9.82. The lowest BCUT2D eigenvalue weighted by atomic mass is 10.1. The summed E-state index contributed by atoms with van der Waals surface area (Å²) in [4.78, 5) is 29.3. The molecule has 2 aromatic rings. The highest BCUT2D eigenvalue weighted by Gasteiger charge is 2.30. The fourth-order valence-electron chi connectivity index (χ4n) is 4.25. The van der Waals surface area contributed by atoms with Crippen molar-refractivity contribution in [1.29, 1.82) is 0 Å². The second kappa shape index (κ2) is 7.35. The van der Waals surface area contributed by atoms with E-state index in [-0.39, 0.29) is 17.9 Å². The molecule has 2 aliphatic rings. The first-order valence-electron chi connectivity index (χ1n) is 9.82. The van der Waals surface area contributed by atoms with Crippen molar-refractivity contribution in [3.63, 3.8) is 0 Å². The third-order valence-corrected chi connectivity index (χ3v) is 5.82. The van der Waals surface area contributed by atoms with Crippen LogP contribution in [-0.2, 0) is 4.79 Å². The van der Waals surface area contributed by atoms with Gasteiger partial charge in [-0.1, -0.05) is 12.1 Å². The maximum absolute atomic E-state index is 12.7. The second-order valence-corrected chi connectivity index (χ2v) is 7.92. The van der Waals surface area contributed by atoms with E-state index in [1.807, 2.05) is 30.0 Å². The van der Waals surface area contributed by atoms with Crippen molar-refractivity contribution in [2.24, 2.45) is 0 Å². The van der Waals surface area contributed by atoms with Gasteiger partial charge in [-0.15, -0.1) is 0 Å². The van der Waals surface area contributed by atoms with Gasteiger partial charge in [-0.2, -0.15) is 0 Å². The van der Waals surface area contributed by atoms with Gasteiger partial charge in [0, 0.05) is 37.1 Å². The molecule has 2 aliphatic heterocycles. The van der Waals surface area contributed by atoms with Gasteiger partial charge in [0.25, 0.3) is 5.91 Å². The van der Waals surface area contributed by atoms with Crippen LogP contribution in [0, 0.1) is 6.92 Å². The fourth-order valence-corrected chi connectivity index (χ4v) is 4.25. The molecule has 0 unspecified atom stereocenters. The molecule has 27 heavy (non-hydrogen) atoms. The van der Waals surface area contributed by atoms with Gasteiger partial charge in [-0.3, -0.25) is 14.5 Å². The lowest BCUT2D eigenvalue weighted by molar-refractivity contribution is -0.132. The van der Waals surface area contributed by atoms with Crippen LogP contribution in [-0.4, -0.2) is 59.9 Å². The molecule has 3 heterocycles. The maximum atomic E-state index is 12.7. The molecular formula is C21H27N3O3. The number of likely N-dealkylation sites (tertiary alicyclic amines) is 2. The highest BCUT2D eigenvalue weighted by Crippen LogP contribution is 2.23. The number of carbonyl (C=O) groups is 2. The minimum Gasteiger partial charge on any atom is -0.463 e. The molecule has 2 fully saturated rings. The number of amides is 2. The molecule has 0 saturated carbocycles.